The number of primary amides is 1. The van der Waals surface area contributed by atoms with Gasteiger partial charge in [0.1, 0.15) is 11.7 Å². The SMILES string of the molecule is NC(=O)CC(NC(=O)c1ccc(C(F)(F)F)nc1)C(=O)O. The van der Waals surface area contributed by atoms with E-state index in [1.807, 2.05) is 5.32 Å². The van der Waals surface area contributed by atoms with Crippen molar-refractivity contribution in [1.29, 1.82) is 0 Å². The van der Waals surface area contributed by atoms with Crippen molar-refractivity contribution in [3.63, 3.8) is 0 Å². The monoisotopic (exact) mass is 305 g/mol. The number of nitrogens with one attached hydrogen (secondary N) is 1. The number of hydrogen-bond acceptors (Lipinski definition) is 4. The molecule has 0 aliphatic rings. The molecule has 0 bridgehead atoms. The number of carboxylic acid groups (broad SMARTS) is 1. The van der Waals surface area contributed by atoms with Crippen LogP contribution in [0, 0.1) is 0 Å². The van der Waals surface area contributed by atoms with Crippen LogP contribution in [0.1, 0.15) is 22.5 Å². The predicted molar refractivity (Wildman–Crippen MR) is 61.9 cm³/mol. The number of carbonyl (C=O) groups is 3. The average molecular weight is 305 g/mol. The lowest BCUT2D eigenvalue weighted by molar-refractivity contribution is -0.141. The lowest BCUT2D eigenvalue weighted by Gasteiger charge is -2.13. The second-order valence-corrected chi connectivity index (χ2v) is 3.96. The van der Waals surface area contributed by atoms with E-state index in [9.17, 15) is 27.6 Å². The number of nitrogens with zero attached hydrogens (tertiary/aromatic N) is 1. The van der Waals surface area contributed by atoms with Gasteiger partial charge in [0.05, 0.1) is 12.0 Å². The summed E-state index contributed by atoms with van der Waals surface area (Å²) in [6, 6.07) is -0.148. The van der Waals surface area contributed by atoms with Crippen molar-refractivity contribution in [2.45, 2.75) is 18.6 Å². The number of hydrogen-bond donors (Lipinski definition) is 3. The van der Waals surface area contributed by atoms with Gasteiger partial charge in [0, 0.05) is 6.20 Å². The van der Waals surface area contributed by atoms with E-state index in [1.54, 1.807) is 0 Å². The molecule has 0 aromatic carbocycles. The number of rotatable bonds is 5. The molecule has 0 saturated carbocycles. The molecule has 0 aliphatic carbocycles. The van der Waals surface area contributed by atoms with Gasteiger partial charge in [-0.1, -0.05) is 0 Å². The normalized spacial score (nSPS) is 12.5. The number of aromatic nitrogens is 1. The Kier molecular flexibility index (Phi) is 4.84. The Hall–Kier alpha value is -2.65. The van der Waals surface area contributed by atoms with Gasteiger partial charge in [0.2, 0.25) is 5.91 Å². The molecule has 0 spiro atoms. The first-order chi connectivity index (χ1) is 9.61. The van der Waals surface area contributed by atoms with E-state index in [4.69, 9.17) is 10.8 Å². The summed E-state index contributed by atoms with van der Waals surface area (Å²) in [5, 5.41) is 10.7. The molecule has 1 rings (SSSR count). The van der Waals surface area contributed by atoms with Crippen LogP contribution in [0.15, 0.2) is 18.3 Å². The summed E-state index contributed by atoms with van der Waals surface area (Å²) in [4.78, 5) is 36.2. The highest BCUT2D eigenvalue weighted by Crippen LogP contribution is 2.27. The summed E-state index contributed by atoms with van der Waals surface area (Å²) in [5.74, 6) is -3.43. The van der Waals surface area contributed by atoms with Gasteiger partial charge in [-0.05, 0) is 12.1 Å². The summed E-state index contributed by atoms with van der Waals surface area (Å²) in [6.07, 6.45) is -4.64. The van der Waals surface area contributed by atoms with Crippen LogP contribution in [-0.2, 0) is 15.8 Å². The van der Waals surface area contributed by atoms with Crippen molar-refractivity contribution in [3.8, 4) is 0 Å². The first-order valence-electron chi connectivity index (χ1n) is 5.46. The third-order valence-corrected chi connectivity index (χ3v) is 2.32. The zero-order chi connectivity index (χ0) is 16.2. The highest BCUT2D eigenvalue weighted by atomic mass is 19.4. The van der Waals surface area contributed by atoms with Crippen LogP contribution in [0.2, 0.25) is 0 Å². The van der Waals surface area contributed by atoms with Crippen molar-refractivity contribution < 1.29 is 32.7 Å². The third kappa shape index (κ3) is 4.75. The molecule has 2 amide bonds. The topological polar surface area (TPSA) is 122 Å². The minimum absolute atomic E-state index is 0.279. The Labute approximate surface area is 116 Å². The van der Waals surface area contributed by atoms with Gasteiger partial charge in [-0.2, -0.15) is 13.2 Å². The number of nitrogens with two attached hydrogens (primary N) is 1. The number of carbonyl (C=O) groups excluding carboxylic acids is 2. The summed E-state index contributed by atoms with van der Waals surface area (Å²) in [6.45, 7) is 0. The van der Waals surface area contributed by atoms with Crippen LogP contribution in [0.5, 0.6) is 0 Å². The van der Waals surface area contributed by atoms with E-state index < -0.39 is 42.1 Å². The zero-order valence-electron chi connectivity index (χ0n) is 10.3. The lowest BCUT2D eigenvalue weighted by Crippen LogP contribution is -2.43. The molecule has 7 nitrogen and oxygen atoms in total. The summed E-state index contributed by atoms with van der Waals surface area (Å²) in [5.41, 5.74) is 3.35. The molecule has 0 fully saturated rings. The standard InChI is InChI=1S/C11H10F3N3O4/c12-11(13,14)7-2-1-5(4-16-7)9(19)17-6(10(20)21)3-8(15)18/h1-2,4,6H,3H2,(H2,15,18)(H,17,19)(H,20,21). The molecule has 1 aromatic rings. The van der Waals surface area contributed by atoms with E-state index in [1.165, 1.54) is 0 Å². The molecular formula is C11H10F3N3O4. The van der Waals surface area contributed by atoms with E-state index in [2.05, 4.69) is 4.98 Å². The van der Waals surface area contributed by atoms with Gasteiger partial charge in [-0.3, -0.25) is 14.6 Å². The van der Waals surface area contributed by atoms with Crippen molar-refractivity contribution in [2.24, 2.45) is 5.73 Å². The van der Waals surface area contributed by atoms with Crippen LogP contribution in [0.4, 0.5) is 13.2 Å². The third-order valence-electron chi connectivity index (χ3n) is 2.32. The molecule has 21 heavy (non-hydrogen) atoms. The molecule has 4 N–H and O–H groups in total. The quantitative estimate of drug-likeness (QED) is 0.715. The minimum atomic E-state index is -4.65. The smallest absolute Gasteiger partial charge is 0.433 e. The second-order valence-electron chi connectivity index (χ2n) is 3.96. The van der Waals surface area contributed by atoms with Crippen molar-refractivity contribution >= 4 is 17.8 Å². The number of pyridine rings is 1. The lowest BCUT2D eigenvalue weighted by atomic mass is 10.1. The fourth-order valence-corrected chi connectivity index (χ4v) is 1.34. The van der Waals surface area contributed by atoms with Gasteiger partial charge in [0.15, 0.2) is 0 Å². The average Bonchev–Trinajstić information content (AvgIpc) is 2.36. The molecule has 1 aromatic heterocycles. The zero-order valence-corrected chi connectivity index (χ0v) is 10.3. The minimum Gasteiger partial charge on any atom is -0.480 e. The number of carboxylic acids is 1. The fourth-order valence-electron chi connectivity index (χ4n) is 1.34. The number of alkyl halides is 3. The Morgan fingerprint density at radius 3 is 2.33 bits per heavy atom. The molecule has 0 saturated heterocycles. The number of aliphatic carboxylic acids is 1. The molecule has 1 heterocycles. The fraction of sp³-hybridized carbons (Fsp3) is 0.273. The first kappa shape index (κ1) is 16.4. The van der Waals surface area contributed by atoms with E-state index in [-0.39, 0.29) is 5.56 Å². The van der Waals surface area contributed by atoms with Gasteiger partial charge in [-0.15, -0.1) is 0 Å². The van der Waals surface area contributed by atoms with E-state index in [0.717, 1.165) is 6.07 Å². The van der Waals surface area contributed by atoms with E-state index >= 15 is 0 Å². The maximum Gasteiger partial charge on any atom is 0.433 e. The molecule has 114 valence electrons. The Morgan fingerprint density at radius 2 is 1.95 bits per heavy atom. The summed E-state index contributed by atoms with van der Waals surface area (Å²) >= 11 is 0. The van der Waals surface area contributed by atoms with E-state index in [0.29, 0.717) is 12.3 Å². The molecule has 10 heteroatoms. The molecule has 1 unspecified atom stereocenters. The first-order valence-corrected chi connectivity index (χ1v) is 5.46. The van der Waals surface area contributed by atoms with Gasteiger partial charge < -0.3 is 16.2 Å². The number of amides is 2. The Bertz CT molecular complexity index is 557. The molecule has 0 aliphatic heterocycles. The van der Waals surface area contributed by atoms with Crippen LogP contribution in [0.25, 0.3) is 0 Å². The van der Waals surface area contributed by atoms with Crippen molar-refractivity contribution in [3.05, 3.63) is 29.6 Å². The Morgan fingerprint density at radius 1 is 1.33 bits per heavy atom. The molecular weight excluding hydrogens is 295 g/mol. The van der Waals surface area contributed by atoms with Crippen LogP contribution in [-0.4, -0.2) is 33.9 Å². The van der Waals surface area contributed by atoms with Crippen LogP contribution in [0.3, 0.4) is 0 Å². The van der Waals surface area contributed by atoms with Gasteiger partial charge in [0.25, 0.3) is 5.91 Å². The van der Waals surface area contributed by atoms with Crippen molar-refractivity contribution in [1.82, 2.24) is 10.3 Å². The number of halogens is 3. The highest BCUT2D eigenvalue weighted by Gasteiger charge is 2.32. The maximum atomic E-state index is 12.3. The van der Waals surface area contributed by atoms with Gasteiger partial charge in [-0.25, -0.2) is 4.79 Å². The molecule has 1 atom stereocenters. The summed E-state index contributed by atoms with van der Waals surface area (Å²) < 4.78 is 36.9. The molecule has 0 radical (unpaired) electrons. The largest absolute Gasteiger partial charge is 0.480 e. The van der Waals surface area contributed by atoms with Crippen molar-refractivity contribution in [2.75, 3.05) is 0 Å². The predicted octanol–water partition coefficient (Wildman–Crippen LogP) is 0.159. The second kappa shape index (κ2) is 6.20. The van der Waals surface area contributed by atoms with Gasteiger partial charge >= 0.3 is 12.1 Å². The Balaban J connectivity index is 2.83. The summed E-state index contributed by atoms with van der Waals surface area (Å²) in [7, 11) is 0. The highest BCUT2D eigenvalue weighted by molar-refractivity contribution is 5.97. The van der Waals surface area contributed by atoms with Crippen LogP contribution < -0.4 is 11.1 Å². The maximum absolute atomic E-state index is 12.3. The van der Waals surface area contributed by atoms with Crippen LogP contribution >= 0.6 is 0 Å².